The number of rotatable bonds is 5. The molecule has 0 unspecified atom stereocenters. The number of aromatic nitrogens is 8. The minimum atomic E-state index is 0.355. The Labute approximate surface area is 206 Å². The van der Waals surface area contributed by atoms with Crippen LogP contribution in [0.15, 0.2) is 110 Å². The van der Waals surface area contributed by atoms with Crippen molar-refractivity contribution in [3.05, 3.63) is 110 Å². The highest BCUT2D eigenvalue weighted by atomic mass is 15.0. The standard InChI is InChI=1S/C28H18N8/c1-5-13-29-19(9-1)23-17-24(20-10-2-6-14-30-20)34-27(33-23)28-35-25(21-11-3-7-15-31-21)18-26(36-28)22-12-4-8-16-32-22/h1-18H. The lowest BCUT2D eigenvalue weighted by atomic mass is 10.1. The van der Waals surface area contributed by atoms with Crippen LogP contribution >= 0.6 is 0 Å². The van der Waals surface area contributed by atoms with Crippen molar-refractivity contribution < 1.29 is 0 Å². The number of pyridine rings is 4. The van der Waals surface area contributed by atoms with Gasteiger partial charge in [-0.2, -0.15) is 0 Å². The van der Waals surface area contributed by atoms with Gasteiger partial charge in [-0.1, -0.05) is 24.3 Å². The van der Waals surface area contributed by atoms with Gasteiger partial charge in [0.1, 0.15) is 0 Å². The van der Waals surface area contributed by atoms with E-state index in [4.69, 9.17) is 19.9 Å². The van der Waals surface area contributed by atoms with Gasteiger partial charge in [0.15, 0.2) is 11.6 Å². The first-order valence-corrected chi connectivity index (χ1v) is 11.3. The zero-order valence-electron chi connectivity index (χ0n) is 19.0. The van der Waals surface area contributed by atoms with Crippen molar-refractivity contribution in [1.82, 2.24) is 39.9 Å². The summed E-state index contributed by atoms with van der Waals surface area (Å²) in [4.78, 5) is 37.1. The summed E-state index contributed by atoms with van der Waals surface area (Å²) in [5, 5.41) is 0. The molecule has 36 heavy (non-hydrogen) atoms. The van der Waals surface area contributed by atoms with Crippen LogP contribution in [0.3, 0.4) is 0 Å². The van der Waals surface area contributed by atoms with Gasteiger partial charge in [0.2, 0.25) is 0 Å². The van der Waals surface area contributed by atoms with Crippen LogP contribution in [0, 0.1) is 0 Å². The molecule has 6 aromatic heterocycles. The van der Waals surface area contributed by atoms with Gasteiger partial charge in [-0.25, -0.2) is 19.9 Å². The molecule has 0 aliphatic rings. The van der Waals surface area contributed by atoms with Gasteiger partial charge in [0.25, 0.3) is 0 Å². The molecular formula is C28H18N8. The number of hydrogen-bond acceptors (Lipinski definition) is 8. The van der Waals surface area contributed by atoms with Crippen LogP contribution < -0.4 is 0 Å². The Bertz CT molecular complexity index is 1370. The molecule has 0 bridgehead atoms. The predicted molar refractivity (Wildman–Crippen MR) is 136 cm³/mol. The summed E-state index contributed by atoms with van der Waals surface area (Å²) in [7, 11) is 0. The Morgan fingerprint density at radius 2 is 0.583 bits per heavy atom. The van der Waals surface area contributed by atoms with Gasteiger partial charge in [0, 0.05) is 24.8 Å². The van der Waals surface area contributed by atoms with E-state index in [9.17, 15) is 0 Å². The van der Waals surface area contributed by atoms with E-state index in [2.05, 4.69) is 19.9 Å². The van der Waals surface area contributed by atoms with Crippen LogP contribution in [-0.2, 0) is 0 Å². The first kappa shape index (κ1) is 21.3. The number of hydrogen-bond donors (Lipinski definition) is 0. The molecule has 6 heterocycles. The fourth-order valence-corrected chi connectivity index (χ4v) is 3.68. The average molecular weight is 467 g/mol. The molecule has 6 aromatic rings. The van der Waals surface area contributed by atoms with Crippen molar-refractivity contribution in [3.63, 3.8) is 0 Å². The largest absolute Gasteiger partial charge is 0.255 e. The Kier molecular flexibility index (Phi) is 5.65. The monoisotopic (exact) mass is 466 g/mol. The molecule has 0 saturated carbocycles. The van der Waals surface area contributed by atoms with Crippen molar-refractivity contribution in [2.24, 2.45) is 0 Å². The quantitative estimate of drug-likeness (QED) is 0.342. The van der Waals surface area contributed by atoms with Crippen LogP contribution in [0.1, 0.15) is 0 Å². The van der Waals surface area contributed by atoms with Gasteiger partial charge in [-0.05, 0) is 60.7 Å². The van der Waals surface area contributed by atoms with Crippen molar-refractivity contribution in [1.29, 1.82) is 0 Å². The highest BCUT2D eigenvalue weighted by Gasteiger charge is 2.17. The molecule has 6 rings (SSSR count). The van der Waals surface area contributed by atoms with Crippen molar-refractivity contribution in [2.75, 3.05) is 0 Å². The molecule has 8 nitrogen and oxygen atoms in total. The Hall–Kier alpha value is -5.24. The van der Waals surface area contributed by atoms with Crippen LogP contribution in [0.25, 0.3) is 57.2 Å². The van der Waals surface area contributed by atoms with Gasteiger partial charge in [-0.3, -0.25) is 19.9 Å². The maximum atomic E-state index is 4.80. The molecule has 0 radical (unpaired) electrons. The summed E-state index contributed by atoms with van der Waals surface area (Å²) < 4.78 is 0. The smallest absolute Gasteiger partial charge is 0.199 e. The van der Waals surface area contributed by atoms with E-state index in [0.717, 1.165) is 0 Å². The summed E-state index contributed by atoms with van der Waals surface area (Å²) >= 11 is 0. The maximum absolute atomic E-state index is 4.80. The third-order valence-electron chi connectivity index (χ3n) is 5.36. The highest BCUT2D eigenvalue weighted by Crippen LogP contribution is 2.27. The molecule has 0 atom stereocenters. The molecule has 0 amide bonds. The molecule has 170 valence electrons. The van der Waals surface area contributed by atoms with Gasteiger partial charge in [-0.15, -0.1) is 0 Å². The lowest BCUT2D eigenvalue weighted by Gasteiger charge is -2.10. The number of nitrogens with zero attached hydrogens (tertiary/aromatic N) is 8. The van der Waals surface area contributed by atoms with E-state index in [1.54, 1.807) is 24.8 Å². The fraction of sp³-hybridized carbons (Fsp3) is 0. The van der Waals surface area contributed by atoms with E-state index in [1.807, 2.05) is 84.9 Å². The van der Waals surface area contributed by atoms with E-state index in [1.165, 1.54) is 0 Å². The Morgan fingerprint density at radius 1 is 0.306 bits per heavy atom. The average Bonchev–Trinajstić information content (AvgIpc) is 2.98. The third-order valence-corrected chi connectivity index (χ3v) is 5.36. The van der Waals surface area contributed by atoms with Gasteiger partial charge < -0.3 is 0 Å². The second-order valence-electron chi connectivity index (χ2n) is 7.78. The summed E-state index contributed by atoms with van der Waals surface area (Å²) in [6.07, 6.45) is 6.92. The van der Waals surface area contributed by atoms with Gasteiger partial charge >= 0.3 is 0 Å². The van der Waals surface area contributed by atoms with Crippen molar-refractivity contribution >= 4 is 0 Å². The second-order valence-corrected chi connectivity index (χ2v) is 7.78. The van der Waals surface area contributed by atoms with E-state index >= 15 is 0 Å². The molecule has 0 aliphatic carbocycles. The molecule has 0 aromatic carbocycles. The third kappa shape index (κ3) is 4.43. The lowest BCUT2D eigenvalue weighted by molar-refractivity contribution is 1.07. The molecule has 0 spiro atoms. The minimum Gasteiger partial charge on any atom is -0.255 e. The van der Waals surface area contributed by atoms with Crippen molar-refractivity contribution in [2.45, 2.75) is 0 Å². The lowest BCUT2D eigenvalue weighted by Crippen LogP contribution is -2.03. The molecule has 0 aliphatic heterocycles. The first-order valence-electron chi connectivity index (χ1n) is 11.3. The molecule has 0 fully saturated rings. The Morgan fingerprint density at radius 3 is 0.806 bits per heavy atom. The molecule has 0 saturated heterocycles. The second kappa shape index (κ2) is 9.55. The van der Waals surface area contributed by atoms with E-state index in [0.29, 0.717) is 57.2 Å². The maximum Gasteiger partial charge on any atom is 0.199 e. The molecule has 0 N–H and O–H groups in total. The van der Waals surface area contributed by atoms with Crippen LogP contribution in [0.4, 0.5) is 0 Å². The molecular weight excluding hydrogens is 448 g/mol. The normalized spacial score (nSPS) is 10.8. The predicted octanol–water partition coefficient (Wildman–Crippen LogP) is 5.18. The van der Waals surface area contributed by atoms with E-state index < -0.39 is 0 Å². The van der Waals surface area contributed by atoms with Gasteiger partial charge in [0.05, 0.1) is 45.6 Å². The molecule has 8 heteroatoms. The summed E-state index contributed by atoms with van der Waals surface area (Å²) in [5.41, 5.74) is 5.43. The fourth-order valence-electron chi connectivity index (χ4n) is 3.68. The van der Waals surface area contributed by atoms with Crippen LogP contribution in [0.5, 0.6) is 0 Å². The summed E-state index contributed by atoms with van der Waals surface area (Å²) in [6, 6.07) is 26.5. The zero-order valence-corrected chi connectivity index (χ0v) is 19.0. The SMILES string of the molecule is c1ccc(-c2cc(-c3ccccn3)nc(-c3nc(-c4ccccn4)cc(-c4ccccn4)n3)n2)nc1. The minimum absolute atomic E-state index is 0.355. The summed E-state index contributed by atoms with van der Waals surface area (Å²) in [5.74, 6) is 0.711. The highest BCUT2D eigenvalue weighted by molar-refractivity contribution is 5.70. The zero-order chi connectivity index (χ0) is 24.2. The van der Waals surface area contributed by atoms with Crippen LogP contribution in [-0.4, -0.2) is 39.9 Å². The Balaban J connectivity index is 1.58. The van der Waals surface area contributed by atoms with Crippen LogP contribution in [0.2, 0.25) is 0 Å². The van der Waals surface area contributed by atoms with Crippen molar-refractivity contribution in [3.8, 4) is 57.2 Å². The first-order chi connectivity index (χ1) is 17.8. The topological polar surface area (TPSA) is 103 Å². The summed E-state index contributed by atoms with van der Waals surface area (Å²) in [6.45, 7) is 0. The van der Waals surface area contributed by atoms with E-state index in [-0.39, 0.29) is 0 Å².